The van der Waals surface area contributed by atoms with Gasteiger partial charge in [0, 0.05) is 5.56 Å². The first-order valence-corrected chi connectivity index (χ1v) is 10.1. The van der Waals surface area contributed by atoms with Gasteiger partial charge in [-0.05, 0) is 50.6 Å². The summed E-state index contributed by atoms with van der Waals surface area (Å²) >= 11 is 0. The third-order valence-electron chi connectivity index (χ3n) is 4.41. The Labute approximate surface area is 176 Å². The topological polar surface area (TPSA) is 69.9 Å². The molecule has 3 aromatic rings. The third kappa shape index (κ3) is 4.95. The van der Waals surface area contributed by atoms with Crippen LogP contribution in [0, 0.1) is 0 Å². The van der Waals surface area contributed by atoms with E-state index in [-0.39, 0.29) is 5.91 Å². The van der Waals surface area contributed by atoms with Crippen molar-refractivity contribution in [2.24, 2.45) is 0 Å². The van der Waals surface area contributed by atoms with E-state index in [0.717, 1.165) is 5.56 Å². The Kier molecular flexibility index (Phi) is 7.38. The predicted molar refractivity (Wildman–Crippen MR) is 114 cm³/mol. The summed E-state index contributed by atoms with van der Waals surface area (Å²) in [4.78, 5) is 13.2. The van der Waals surface area contributed by atoms with Crippen molar-refractivity contribution in [1.82, 2.24) is 5.32 Å². The molecule has 1 amide bonds. The number of rotatable bonds is 10. The molecule has 0 saturated carbocycles. The molecular weight excluding hydrogens is 382 g/mol. The van der Waals surface area contributed by atoms with E-state index in [4.69, 9.17) is 18.6 Å². The quantitative estimate of drug-likeness (QED) is 0.511. The van der Waals surface area contributed by atoms with Crippen LogP contribution in [0.5, 0.6) is 17.2 Å². The van der Waals surface area contributed by atoms with Gasteiger partial charge in [0.1, 0.15) is 11.8 Å². The zero-order chi connectivity index (χ0) is 21.3. The Hall–Kier alpha value is -3.41. The summed E-state index contributed by atoms with van der Waals surface area (Å²) in [5.74, 6) is 1.83. The van der Waals surface area contributed by atoms with Crippen molar-refractivity contribution in [3.8, 4) is 17.2 Å². The number of amides is 1. The Bertz CT molecular complexity index is 910. The molecule has 0 fully saturated rings. The molecule has 0 radical (unpaired) electrons. The van der Waals surface area contributed by atoms with E-state index in [9.17, 15) is 4.79 Å². The van der Waals surface area contributed by atoms with Crippen molar-refractivity contribution >= 4 is 5.91 Å². The smallest absolute Gasteiger partial charge is 0.252 e. The summed E-state index contributed by atoms with van der Waals surface area (Å²) in [6, 6.07) is 16.2. The van der Waals surface area contributed by atoms with Gasteiger partial charge in [0.2, 0.25) is 5.75 Å². The minimum absolute atomic E-state index is 0.273. The predicted octanol–water partition coefficient (Wildman–Crippen LogP) is 5.00. The molecule has 158 valence electrons. The summed E-state index contributed by atoms with van der Waals surface area (Å²) < 4.78 is 22.8. The van der Waals surface area contributed by atoms with Gasteiger partial charge in [-0.3, -0.25) is 4.79 Å². The number of ether oxygens (including phenoxy) is 3. The highest BCUT2D eigenvalue weighted by Gasteiger charge is 2.23. The van der Waals surface area contributed by atoms with Gasteiger partial charge >= 0.3 is 0 Å². The fourth-order valence-electron chi connectivity index (χ4n) is 3.15. The molecule has 0 aliphatic carbocycles. The van der Waals surface area contributed by atoms with Crippen LogP contribution in [0.2, 0.25) is 0 Å². The average molecular weight is 409 g/mol. The summed E-state index contributed by atoms with van der Waals surface area (Å²) in [5, 5.41) is 3.06. The number of hydrogen-bond acceptors (Lipinski definition) is 5. The fraction of sp³-hybridized carbons (Fsp3) is 0.292. The Morgan fingerprint density at radius 2 is 1.53 bits per heavy atom. The van der Waals surface area contributed by atoms with E-state index in [1.54, 1.807) is 24.5 Å². The van der Waals surface area contributed by atoms with Crippen LogP contribution < -0.4 is 19.5 Å². The second-order valence-electron chi connectivity index (χ2n) is 6.43. The van der Waals surface area contributed by atoms with Gasteiger partial charge < -0.3 is 23.9 Å². The summed E-state index contributed by atoms with van der Waals surface area (Å²) in [5.41, 5.74) is 1.33. The molecule has 0 saturated heterocycles. The molecule has 0 aliphatic rings. The molecule has 1 aromatic heterocycles. The maximum Gasteiger partial charge on any atom is 0.252 e. The van der Waals surface area contributed by atoms with Crippen molar-refractivity contribution < 1.29 is 23.4 Å². The Morgan fingerprint density at radius 3 is 2.07 bits per heavy atom. The largest absolute Gasteiger partial charge is 0.490 e. The maximum atomic E-state index is 13.2. The van der Waals surface area contributed by atoms with E-state index < -0.39 is 6.04 Å². The minimum Gasteiger partial charge on any atom is -0.490 e. The highest BCUT2D eigenvalue weighted by atomic mass is 16.5. The van der Waals surface area contributed by atoms with Crippen LogP contribution >= 0.6 is 0 Å². The maximum absolute atomic E-state index is 13.2. The first-order chi connectivity index (χ1) is 14.7. The summed E-state index contributed by atoms with van der Waals surface area (Å²) in [6.07, 6.45) is 1.59. The third-order valence-corrected chi connectivity index (χ3v) is 4.41. The van der Waals surface area contributed by atoms with Crippen molar-refractivity contribution in [3.63, 3.8) is 0 Å². The molecule has 0 spiro atoms. The molecule has 30 heavy (non-hydrogen) atoms. The monoisotopic (exact) mass is 409 g/mol. The van der Waals surface area contributed by atoms with Crippen molar-refractivity contribution in [3.05, 3.63) is 77.7 Å². The lowest BCUT2D eigenvalue weighted by molar-refractivity contribution is 0.0938. The van der Waals surface area contributed by atoms with E-state index in [2.05, 4.69) is 5.32 Å². The van der Waals surface area contributed by atoms with E-state index >= 15 is 0 Å². The Morgan fingerprint density at radius 1 is 0.900 bits per heavy atom. The number of carbonyl (C=O) groups excluding carboxylic acids is 1. The normalized spacial score (nSPS) is 11.6. The van der Waals surface area contributed by atoms with Crippen LogP contribution in [-0.4, -0.2) is 25.7 Å². The van der Waals surface area contributed by atoms with Crippen molar-refractivity contribution in [1.29, 1.82) is 0 Å². The average Bonchev–Trinajstić information content (AvgIpc) is 3.29. The molecule has 6 nitrogen and oxygen atoms in total. The molecule has 1 atom stereocenters. The van der Waals surface area contributed by atoms with Gasteiger partial charge in [-0.25, -0.2) is 0 Å². The summed E-state index contributed by atoms with van der Waals surface area (Å²) in [6.45, 7) is 6.99. The lowest BCUT2D eigenvalue weighted by atomic mass is 10.0. The molecule has 6 heteroatoms. The van der Waals surface area contributed by atoms with Crippen LogP contribution in [0.1, 0.15) is 48.5 Å². The standard InChI is InChI=1S/C24H27NO5/c1-4-27-20-15-18(16-21(28-5-2)23(20)29-6-3)24(26)25-22(19-13-10-14-30-19)17-11-8-7-9-12-17/h7-16,22H,4-6H2,1-3H3,(H,25,26)/t22-/m1/s1. The van der Waals surface area contributed by atoms with Crippen LogP contribution in [0.25, 0.3) is 0 Å². The van der Waals surface area contributed by atoms with Gasteiger partial charge in [-0.1, -0.05) is 30.3 Å². The van der Waals surface area contributed by atoms with Gasteiger partial charge in [0.25, 0.3) is 5.91 Å². The zero-order valence-corrected chi connectivity index (χ0v) is 17.5. The molecule has 0 unspecified atom stereocenters. The molecule has 0 bridgehead atoms. The lowest BCUT2D eigenvalue weighted by Crippen LogP contribution is -2.29. The highest BCUT2D eigenvalue weighted by molar-refractivity contribution is 5.96. The molecule has 0 aliphatic heterocycles. The number of furan rings is 1. The van der Waals surface area contributed by atoms with Crippen LogP contribution in [0.3, 0.4) is 0 Å². The lowest BCUT2D eigenvalue weighted by Gasteiger charge is -2.19. The number of carbonyl (C=O) groups is 1. The number of benzene rings is 2. The molecule has 2 aromatic carbocycles. The van der Waals surface area contributed by atoms with Crippen molar-refractivity contribution in [2.45, 2.75) is 26.8 Å². The molecule has 1 N–H and O–H groups in total. The highest BCUT2D eigenvalue weighted by Crippen LogP contribution is 2.39. The van der Waals surface area contributed by atoms with Crippen LogP contribution in [-0.2, 0) is 0 Å². The molecule has 3 rings (SSSR count). The zero-order valence-electron chi connectivity index (χ0n) is 17.5. The van der Waals surface area contributed by atoms with Gasteiger partial charge in [0.15, 0.2) is 11.5 Å². The number of nitrogens with one attached hydrogen (secondary N) is 1. The minimum atomic E-state index is -0.425. The second kappa shape index (κ2) is 10.4. The molecular formula is C24H27NO5. The van der Waals surface area contributed by atoms with E-state index in [1.165, 1.54) is 0 Å². The summed E-state index contributed by atoms with van der Waals surface area (Å²) in [7, 11) is 0. The van der Waals surface area contributed by atoms with E-state index in [1.807, 2.05) is 57.2 Å². The van der Waals surface area contributed by atoms with Crippen molar-refractivity contribution in [2.75, 3.05) is 19.8 Å². The number of hydrogen-bond donors (Lipinski definition) is 1. The van der Waals surface area contributed by atoms with Gasteiger partial charge in [0.05, 0.1) is 26.1 Å². The molecule has 1 heterocycles. The Balaban J connectivity index is 1.96. The first-order valence-electron chi connectivity index (χ1n) is 10.1. The van der Waals surface area contributed by atoms with Gasteiger partial charge in [-0.2, -0.15) is 0 Å². The van der Waals surface area contributed by atoms with Crippen LogP contribution in [0.4, 0.5) is 0 Å². The van der Waals surface area contributed by atoms with Gasteiger partial charge in [-0.15, -0.1) is 0 Å². The fourth-order valence-corrected chi connectivity index (χ4v) is 3.15. The first kappa shape index (κ1) is 21.3. The van der Waals surface area contributed by atoms with E-state index in [0.29, 0.717) is 48.4 Å². The second-order valence-corrected chi connectivity index (χ2v) is 6.43. The SMILES string of the molecule is CCOc1cc(C(=O)N[C@H](c2ccccc2)c2ccco2)cc(OCC)c1OCC. The van der Waals surface area contributed by atoms with Crippen LogP contribution in [0.15, 0.2) is 65.3 Å².